The molecule has 0 aromatic heterocycles. The molecule has 2 amide bonds. The van der Waals surface area contributed by atoms with Gasteiger partial charge in [0.2, 0.25) is 0 Å². The lowest BCUT2D eigenvalue weighted by atomic mass is 10.2. The summed E-state index contributed by atoms with van der Waals surface area (Å²) < 4.78 is 29.7. The molecule has 27 heavy (non-hydrogen) atoms. The molecule has 0 radical (unpaired) electrons. The molecule has 8 heteroatoms. The Morgan fingerprint density at radius 2 is 1.44 bits per heavy atom. The molecule has 1 heterocycles. The SMILES string of the molecule is CC(C)S(=O)(=O)c1ccc(C(=O)N2CCN(C(=O)OC(C)(C)C)CC2)cc1. The van der Waals surface area contributed by atoms with Gasteiger partial charge in [-0.2, -0.15) is 0 Å². The molecule has 0 atom stereocenters. The first kappa shape index (κ1) is 21.2. The summed E-state index contributed by atoms with van der Waals surface area (Å²) in [6.07, 6.45) is -0.377. The van der Waals surface area contributed by atoms with Crippen LogP contribution in [-0.4, -0.2) is 67.2 Å². The number of hydrogen-bond donors (Lipinski definition) is 0. The fourth-order valence-corrected chi connectivity index (χ4v) is 3.72. The van der Waals surface area contributed by atoms with Crippen LogP contribution >= 0.6 is 0 Å². The Hall–Kier alpha value is -2.09. The highest BCUT2D eigenvalue weighted by molar-refractivity contribution is 7.92. The second-order valence-corrected chi connectivity index (χ2v) is 10.4. The number of carbonyl (C=O) groups excluding carboxylic acids is 2. The standard InChI is InChI=1S/C19H28N2O5S/c1-14(2)27(24,25)16-8-6-15(7-9-16)17(22)20-10-12-21(13-11-20)18(23)26-19(3,4)5/h6-9,14H,10-13H2,1-5H3. The van der Waals surface area contributed by atoms with E-state index in [1.54, 1.807) is 23.6 Å². The monoisotopic (exact) mass is 396 g/mol. The van der Waals surface area contributed by atoms with E-state index >= 15 is 0 Å². The van der Waals surface area contributed by atoms with Gasteiger partial charge in [-0.05, 0) is 58.9 Å². The van der Waals surface area contributed by atoms with Crippen LogP contribution in [0.4, 0.5) is 4.79 Å². The number of carbonyl (C=O) groups is 2. The number of rotatable bonds is 3. The zero-order chi connectivity index (χ0) is 20.4. The number of ether oxygens (including phenoxy) is 1. The Kier molecular flexibility index (Phi) is 6.19. The summed E-state index contributed by atoms with van der Waals surface area (Å²) in [5.41, 5.74) is -0.120. The van der Waals surface area contributed by atoms with Crippen LogP contribution in [0.3, 0.4) is 0 Å². The summed E-state index contributed by atoms with van der Waals surface area (Å²) >= 11 is 0. The molecular formula is C19H28N2O5S. The van der Waals surface area contributed by atoms with Gasteiger partial charge in [-0.15, -0.1) is 0 Å². The molecular weight excluding hydrogens is 368 g/mol. The predicted molar refractivity (Wildman–Crippen MR) is 102 cm³/mol. The molecule has 0 unspecified atom stereocenters. The Morgan fingerprint density at radius 3 is 1.89 bits per heavy atom. The van der Waals surface area contributed by atoms with E-state index in [0.717, 1.165) is 0 Å². The van der Waals surface area contributed by atoms with Crippen molar-refractivity contribution in [2.24, 2.45) is 0 Å². The Labute approximate surface area is 161 Å². The summed E-state index contributed by atoms with van der Waals surface area (Å²) in [6, 6.07) is 6.02. The van der Waals surface area contributed by atoms with Crippen molar-refractivity contribution in [1.82, 2.24) is 9.80 Å². The van der Waals surface area contributed by atoms with Crippen LogP contribution < -0.4 is 0 Å². The van der Waals surface area contributed by atoms with Gasteiger partial charge in [0.05, 0.1) is 10.1 Å². The second-order valence-electron chi connectivity index (χ2n) is 7.88. The summed E-state index contributed by atoms with van der Waals surface area (Å²) in [6.45, 7) is 10.3. The predicted octanol–water partition coefficient (Wildman–Crippen LogP) is 2.56. The van der Waals surface area contributed by atoms with E-state index in [1.807, 2.05) is 20.8 Å². The molecule has 1 saturated heterocycles. The highest BCUT2D eigenvalue weighted by Gasteiger charge is 2.28. The molecule has 1 fully saturated rings. The normalized spacial score (nSPS) is 15.8. The van der Waals surface area contributed by atoms with Crippen molar-refractivity contribution >= 4 is 21.8 Å². The average molecular weight is 397 g/mol. The van der Waals surface area contributed by atoms with Gasteiger partial charge in [-0.1, -0.05) is 0 Å². The molecule has 150 valence electrons. The van der Waals surface area contributed by atoms with E-state index in [1.165, 1.54) is 24.3 Å². The van der Waals surface area contributed by atoms with Gasteiger partial charge >= 0.3 is 6.09 Å². The van der Waals surface area contributed by atoms with E-state index in [-0.39, 0.29) is 16.9 Å². The molecule has 0 aliphatic carbocycles. The quantitative estimate of drug-likeness (QED) is 0.784. The smallest absolute Gasteiger partial charge is 0.410 e. The van der Waals surface area contributed by atoms with E-state index < -0.39 is 20.7 Å². The van der Waals surface area contributed by atoms with Crippen LogP contribution in [0.2, 0.25) is 0 Å². The van der Waals surface area contributed by atoms with E-state index in [9.17, 15) is 18.0 Å². The first-order chi connectivity index (χ1) is 12.4. The van der Waals surface area contributed by atoms with Gasteiger partial charge in [-0.3, -0.25) is 4.79 Å². The molecule has 1 aromatic carbocycles. The van der Waals surface area contributed by atoms with Crippen molar-refractivity contribution < 1.29 is 22.7 Å². The lowest BCUT2D eigenvalue weighted by molar-refractivity contribution is 0.0141. The van der Waals surface area contributed by atoms with Crippen LogP contribution in [0.15, 0.2) is 29.2 Å². The van der Waals surface area contributed by atoms with Crippen molar-refractivity contribution in [3.63, 3.8) is 0 Å². The zero-order valence-electron chi connectivity index (χ0n) is 16.6. The molecule has 1 aliphatic heterocycles. The molecule has 0 spiro atoms. The highest BCUT2D eigenvalue weighted by Crippen LogP contribution is 2.18. The van der Waals surface area contributed by atoms with Gasteiger partial charge in [0.1, 0.15) is 5.60 Å². The first-order valence-corrected chi connectivity index (χ1v) is 10.6. The van der Waals surface area contributed by atoms with Crippen LogP contribution in [0.5, 0.6) is 0 Å². The molecule has 7 nitrogen and oxygen atoms in total. The van der Waals surface area contributed by atoms with Gasteiger partial charge in [0, 0.05) is 31.7 Å². The van der Waals surface area contributed by atoms with Gasteiger partial charge in [0.15, 0.2) is 9.84 Å². The number of sulfone groups is 1. The lowest BCUT2D eigenvalue weighted by Crippen LogP contribution is -2.51. The largest absolute Gasteiger partial charge is 0.444 e. The third-order valence-electron chi connectivity index (χ3n) is 4.27. The number of benzene rings is 1. The van der Waals surface area contributed by atoms with Crippen LogP contribution in [0.25, 0.3) is 0 Å². The minimum atomic E-state index is -3.36. The van der Waals surface area contributed by atoms with E-state index in [4.69, 9.17) is 4.74 Å². The van der Waals surface area contributed by atoms with Crippen LogP contribution in [0.1, 0.15) is 45.0 Å². The molecule has 0 saturated carbocycles. The maximum atomic E-state index is 12.6. The Balaban J connectivity index is 1.99. The number of nitrogens with zero attached hydrogens (tertiary/aromatic N) is 2. The molecule has 0 N–H and O–H groups in total. The van der Waals surface area contributed by atoms with Crippen molar-refractivity contribution in [1.29, 1.82) is 0 Å². The lowest BCUT2D eigenvalue weighted by Gasteiger charge is -2.35. The average Bonchev–Trinajstić information content (AvgIpc) is 2.59. The minimum absolute atomic E-state index is 0.174. The third kappa shape index (κ3) is 5.22. The molecule has 0 bridgehead atoms. The van der Waals surface area contributed by atoms with Gasteiger partial charge in [-0.25, -0.2) is 13.2 Å². The minimum Gasteiger partial charge on any atom is -0.444 e. The van der Waals surface area contributed by atoms with Crippen LogP contribution in [0, 0.1) is 0 Å². The van der Waals surface area contributed by atoms with E-state index in [2.05, 4.69) is 0 Å². The van der Waals surface area contributed by atoms with Crippen molar-refractivity contribution in [2.75, 3.05) is 26.2 Å². The fourth-order valence-electron chi connectivity index (χ4n) is 2.66. The van der Waals surface area contributed by atoms with Crippen LogP contribution in [-0.2, 0) is 14.6 Å². The van der Waals surface area contributed by atoms with Crippen molar-refractivity contribution in [3.05, 3.63) is 29.8 Å². The van der Waals surface area contributed by atoms with Crippen molar-refractivity contribution in [3.8, 4) is 0 Å². The number of piperazine rings is 1. The summed E-state index contributed by atoms with van der Waals surface area (Å²) in [5.74, 6) is -0.174. The maximum absolute atomic E-state index is 12.6. The number of amides is 2. The number of hydrogen-bond acceptors (Lipinski definition) is 5. The molecule has 1 aromatic rings. The zero-order valence-corrected chi connectivity index (χ0v) is 17.4. The summed E-state index contributed by atoms with van der Waals surface area (Å²) in [4.78, 5) is 28.2. The van der Waals surface area contributed by atoms with Crippen molar-refractivity contribution in [2.45, 2.75) is 50.4 Å². The first-order valence-electron chi connectivity index (χ1n) is 9.03. The second kappa shape index (κ2) is 7.88. The molecule has 1 aliphatic rings. The topological polar surface area (TPSA) is 84.0 Å². The third-order valence-corrected chi connectivity index (χ3v) is 6.44. The Bertz CT molecular complexity index is 786. The summed E-state index contributed by atoms with van der Waals surface area (Å²) in [7, 11) is -3.36. The highest BCUT2D eigenvalue weighted by atomic mass is 32.2. The van der Waals surface area contributed by atoms with Gasteiger partial charge in [0.25, 0.3) is 5.91 Å². The fraction of sp³-hybridized carbons (Fsp3) is 0.579. The summed E-state index contributed by atoms with van der Waals surface area (Å²) in [5, 5.41) is -0.514. The van der Waals surface area contributed by atoms with E-state index in [0.29, 0.717) is 31.7 Å². The Morgan fingerprint density at radius 1 is 0.963 bits per heavy atom. The van der Waals surface area contributed by atoms with Gasteiger partial charge < -0.3 is 14.5 Å². The maximum Gasteiger partial charge on any atom is 0.410 e. The molecule has 2 rings (SSSR count).